The topological polar surface area (TPSA) is 145 Å². The van der Waals surface area contributed by atoms with Gasteiger partial charge < -0.3 is 20.1 Å². The van der Waals surface area contributed by atoms with E-state index in [1.807, 2.05) is 0 Å². The van der Waals surface area contributed by atoms with Gasteiger partial charge >= 0.3 is 11.9 Å². The summed E-state index contributed by atoms with van der Waals surface area (Å²) >= 11 is 0. The maximum Gasteiger partial charge on any atom is 0.303 e. The highest BCUT2D eigenvalue weighted by Crippen LogP contribution is 2.26. The van der Waals surface area contributed by atoms with Crippen molar-refractivity contribution in [2.45, 2.75) is 39.9 Å². The van der Waals surface area contributed by atoms with Crippen LogP contribution >= 0.6 is 0 Å². The molecule has 2 atom stereocenters. The second-order valence-electron chi connectivity index (χ2n) is 7.88. The lowest BCUT2D eigenvalue weighted by molar-refractivity contribution is -0.146. The standard InChI is InChI=1S/C24H28N2O8S/c1-15(27)25-21-9-5-19(6-10-21)23(33-17(3)29)13-35(31,32)14-24(34-18(4)30)20-7-11-22(12-8-20)26-16(2)28/h5-12,23-24H,13-14H2,1-4H3,(H,25,27)(H,26,28). The number of carbonyl (C=O) groups is 4. The lowest BCUT2D eigenvalue weighted by atomic mass is 10.1. The highest BCUT2D eigenvalue weighted by Gasteiger charge is 2.29. The van der Waals surface area contributed by atoms with Gasteiger partial charge in [0.15, 0.2) is 9.84 Å². The molecule has 0 aliphatic rings. The van der Waals surface area contributed by atoms with E-state index in [4.69, 9.17) is 9.47 Å². The number of hydrogen-bond acceptors (Lipinski definition) is 8. The van der Waals surface area contributed by atoms with E-state index in [2.05, 4.69) is 10.6 Å². The average Bonchev–Trinajstić information content (AvgIpc) is 2.72. The number of esters is 2. The van der Waals surface area contributed by atoms with Gasteiger partial charge in [-0.1, -0.05) is 24.3 Å². The maximum atomic E-state index is 13.1. The first-order valence-electron chi connectivity index (χ1n) is 10.6. The van der Waals surface area contributed by atoms with Gasteiger partial charge in [-0.25, -0.2) is 8.42 Å². The molecule has 0 heterocycles. The number of rotatable bonds is 10. The van der Waals surface area contributed by atoms with Crippen LogP contribution < -0.4 is 10.6 Å². The second-order valence-corrected chi connectivity index (χ2v) is 10.0. The van der Waals surface area contributed by atoms with Gasteiger partial charge in [0, 0.05) is 39.1 Å². The molecule has 2 aromatic rings. The van der Waals surface area contributed by atoms with E-state index in [1.165, 1.54) is 27.7 Å². The van der Waals surface area contributed by atoms with Crippen LogP contribution in [0.2, 0.25) is 0 Å². The summed E-state index contributed by atoms with van der Waals surface area (Å²) in [4.78, 5) is 45.7. The Morgan fingerprint density at radius 2 is 0.971 bits per heavy atom. The zero-order valence-electron chi connectivity index (χ0n) is 19.9. The molecule has 2 amide bonds. The molecule has 0 radical (unpaired) electrons. The molecule has 0 spiro atoms. The van der Waals surface area contributed by atoms with Crippen LogP contribution in [0.5, 0.6) is 0 Å². The molecule has 0 bridgehead atoms. The van der Waals surface area contributed by atoms with E-state index >= 15 is 0 Å². The minimum absolute atomic E-state index is 0.265. The van der Waals surface area contributed by atoms with Crippen LogP contribution in [0, 0.1) is 0 Å². The maximum absolute atomic E-state index is 13.1. The third-order valence-corrected chi connectivity index (χ3v) is 6.25. The Hall–Kier alpha value is -3.73. The highest BCUT2D eigenvalue weighted by atomic mass is 32.2. The summed E-state index contributed by atoms with van der Waals surface area (Å²) in [6.07, 6.45) is -2.21. The summed E-state index contributed by atoms with van der Waals surface area (Å²) in [5.41, 5.74) is 1.84. The molecule has 2 rings (SSSR count). The Balaban J connectivity index is 2.26. The Morgan fingerprint density at radius 1 is 0.657 bits per heavy atom. The lowest BCUT2D eigenvalue weighted by Crippen LogP contribution is -2.26. The van der Waals surface area contributed by atoms with Gasteiger partial charge in [0.2, 0.25) is 11.8 Å². The lowest BCUT2D eigenvalue weighted by Gasteiger charge is -2.21. The molecule has 0 saturated carbocycles. The van der Waals surface area contributed by atoms with E-state index in [9.17, 15) is 27.6 Å². The molecule has 0 aliphatic heterocycles. The molecule has 11 heteroatoms. The molecule has 2 unspecified atom stereocenters. The number of carbonyl (C=O) groups excluding carboxylic acids is 4. The normalized spacial score (nSPS) is 12.7. The fourth-order valence-corrected chi connectivity index (χ4v) is 4.87. The second kappa shape index (κ2) is 12.1. The highest BCUT2D eigenvalue weighted by molar-refractivity contribution is 7.91. The van der Waals surface area contributed by atoms with Gasteiger partial charge in [-0.3, -0.25) is 19.2 Å². The fourth-order valence-electron chi connectivity index (χ4n) is 3.30. The Morgan fingerprint density at radius 3 is 1.23 bits per heavy atom. The molecule has 188 valence electrons. The molecule has 0 aromatic heterocycles. The molecule has 0 saturated heterocycles. The predicted octanol–water partition coefficient (Wildman–Crippen LogP) is 2.93. The van der Waals surface area contributed by atoms with Crippen molar-refractivity contribution in [2.24, 2.45) is 0 Å². The zero-order valence-corrected chi connectivity index (χ0v) is 20.7. The van der Waals surface area contributed by atoms with Crippen molar-refractivity contribution in [3.63, 3.8) is 0 Å². The Kier molecular flexibility index (Phi) is 9.52. The minimum atomic E-state index is -3.92. The van der Waals surface area contributed by atoms with Crippen molar-refractivity contribution in [1.29, 1.82) is 0 Å². The first-order chi connectivity index (χ1) is 16.3. The minimum Gasteiger partial charge on any atom is -0.457 e. The number of amides is 2. The third kappa shape index (κ3) is 9.57. The van der Waals surface area contributed by atoms with E-state index in [-0.39, 0.29) is 11.8 Å². The summed E-state index contributed by atoms with van der Waals surface area (Å²) < 4.78 is 36.7. The van der Waals surface area contributed by atoms with Crippen LogP contribution in [0.3, 0.4) is 0 Å². The van der Waals surface area contributed by atoms with E-state index in [0.717, 1.165) is 0 Å². The molecular weight excluding hydrogens is 476 g/mol. The number of ether oxygens (including phenoxy) is 2. The first kappa shape index (κ1) is 27.5. The van der Waals surface area contributed by atoms with Gasteiger partial charge in [0.1, 0.15) is 12.2 Å². The summed E-state index contributed by atoms with van der Waals surface area (Å²) in [6, 6.07) is 12.5. The first-order valence-corrected chi connectivity index (χ1v) is 12.5. The predicted molar refractivity (Wildman–Crippen MR) is 129 cm³/mol. The fraction of sp³-hybridized carbons (Fsp3) is 0.333. The number of sulfone groups is 1. The molecule has 0 aliphatic carbocycles. The number of nitrogens with one attached hydrogen (secondary N) is 2. The van der Waals surface area contributed by atoms with Crippen molar-refractivity contribution in [1.82, 2.24) is 0 Å². The van der Waals surface area contributed by atoms with Crippen LogP contribution in [0.25, 0.3) is 0 Å². The molecule has 0 fully saturated rings. The monoisotopic (exact) mass is 504 g/mol. The van der Waals surface area contributed by atoms with E-state index in [0.29, 0.717) is 22.5 Å². The molecule has 10 nitrogen and oxygen atoms in total. The van der Waals surface area contributed by atoms with Crippen LogP contribution in [0.4, 0.5) is 11.4 Å². The quantitative estimate of drug-likeness (QED) is 0.470. The summed E-state index contributed by atoms with van der Waals surface area (Å²) in [5.74, 6) is -2.96. The van der Waals surface area contributed by atoms with Crippen LogP contribution in [0.1, 0.15) is 51.0 Å². The number of hydrogen-bond donors (Lipinski definition) is 2. The van der Waals surface area contributed by atoms with Gasteiger partial charge in [0.25, 0.3) is 0 Å². The van der Waals surface area contributed by atoms with Crippen molar-refractivity contribution in [3.8, 4) is 0 Å². The molecule has 35 heavy (non-hydrogen) atoms. The third-order valence-electron chi connectivity index (χ3n) is 4.63. The van der Waals surface area contributed by atoms with Crippen LogP contribution in [-0.4, -0.2) is 43.7 Å². The number of benzene rings is 2. The van der Waals surface area contributed by atoms with E-state index in [1.54, 1.807) is 48.5 Å². The zero-order chi connectivity index (χ0) is 26.2. The smallest absolute Gasteiger partial charge is 0.303 e. The van der Waals surface area contributed by atoms with Gasteiger partial charge in [-0.05, 0) is 35.4 Å². The van der Waals surface area contributed by atoms with Crippen LogP contribution in [-0.2, 0) is 38.5 Å². The largest absolute Gasteiger partial charge is 0.457 e. The van der Waals surface area contributed by atoms with Crippen LogP contribution in [0.15, 0.2) is 48.5 Å². The molecule has 2 aromatic carbocycles. The average molecular weight is 505 g/mol. The number of anilines is 2. The molecular formula is C24H28N2O8S. The van der Waals surface area contributed by atoms with Gasteiger partial charge in [0.05, 0.1) is 11.5 Å². The summed E-state index contributed by atoms with van der Waals surface area (Å²) in [7, 11) is -3.92. The van der Waals surface area contributed by atoms with Crippen molar-refractivity contribution in [3.05, 3.63) is 59.7 Å². The molecule has 2 N–H and O–H groups in total. The SMILES string of the molecule is CC(=O)Nc1ccc(C(CS(=O)(=O)CC(OC(C)=O)c2ccc(NC(C)=O)cc2)OC(C)=O)cc1. The Labute approximate surface area is 203 Å². The van der Waals surface area contributed by atoms with Crippen molar-refractivity contribution in [2.75, 3.05) is 22.1 Å². The van der Waals surface area contributed by atoms with Gasteiger partial charge in [-0.2, -0.15) is 0 Å². The van der Waals surface area contributed by atoms with E-state index < -0.39 is 45.5 Å². The Bertz CT molecular complexity index is 1090. The van der Waals surface area contributed by atoms with Crippen molar-refractivity contribution >= 4 is 45.0 Å². The summed E-state index contributed by atoms with van der Waals surface area (Å²) in [6.45, 7) is 5.05. The van der Waals surface area contributed by atoms with Gasteiger partial charge in [-0.15, -0.1) is 0 Å². The summed E-state index contributed by atoms with van der Waals surface area (Å²) in [5, 5.41) is 5.20. The van der Waals surface area contributed by atoms with Crippen molar-refractivity contribution < 1.29 is 37.1 Å².